The molecule has 0 bridgehead atoms. The zero-order valence-corrected chi connectivity index (χ0v) is 12.8. The molecule has 9 heteroatoms. The van der Waals surface area contributed by atoms with Crippen LogP contribution in [0.3, 0.4) is 0 Å². The molecule has 9 nitrogen and oxygen atoms in total. The highest BCUT2D eigenvalue weighted by atomic mass is 16.3. The van der Waals surface area contributed by atoms with E-state index < -0.39 is 0 Å². The molecule has 0 unspecified atom stereocenters. The van der Waals surface area contributed by atoms with Crippen molar-refractivity contribution in [2.75, 3.05) is 16.4 Å². The number of hydrogen-bond donors (Lipinski definition) is 3. The van der Waals surface area contributed by atoms with Crippen molar-refractivity contribution in [1.29, 1.82) is 0 Å². The lowest BCUT2D eigenvalue weighted by atomic mass is 10.2. The van der Waals surface area contributed by atoms with Crippen LogP contribution in [0.4, 0.5) is 17.5 Å². The average Bonchev–Trinajstić information content (AvgIpc) is 2.53. The Morgan fingerprint density at radius 1 is 1.17 bits per heavy atom. The zero-order valence-electron chi connectivity index (χ0n) is 12.8. The molecule has 1 amide bonds. The van der Waals surface area contributed by atoms with Gasteiger partial charge in [-0.25, -0.2) is 9.97 Å². The normalized spacial score (nSPS) is 10.7. The van der Waals surface area contributed by atoms with Crippen molar-refractivity contribution in [2.45, 2.75) is 13.5 Å². The third kappa shape index (κ3) is 3.00. The van der Waals surface area contributed by atoms with Crippen molar-refractivity contribution in [1.82, 2.24) is 19.9 Å². The summed E-state index contributed by atoms with van der Waals surface area (Å²) >= 11 is 0. The molecule has 0 aliphatic heterocycles. The second-order valence-corrected chi connectivity index (χ2v) is 5.12. The van der Waals surface area contributed by atoms with Gasteiger partial charge in [0.15, 0.2) is 17.0 Å². The van der Waals surface area contributed by atoms with Crippen molar-refractivity contribution in [3.8, 4) is 5.75 Å². The summed E-state index contributed by atoms with van der Waals surface area (Å²) in [5, 5.41) is 9.37. The molecule has 2 aromatic heterocycles. The zero-order chi connectivity index (χ0) is 17.3. The number of amides is 1. The molecule has 3 rings (SSSR count). The molecular weight excluding hydrogens is 310 g/mol. The summed E-state index contributed by atoms with van der Waals surface area (Å²) in [6, 6.07) is 6.30. The molecule has 0 spiro atoms. The minimum atomic E-state index is -0.177. The van der Waals surface area contributed by atoms with Gasteiger partial charge in [-0.15, -0.1) is 0 Å². The van der Waals surface area contributed by atoms with Crippen molar-refractivity contribution >= 4 is 34.5 Å². The van der Waals surface area contributed by atoms with Crippen LogP contribution in [0.15, 0.2) is 30.5 Å². The van der Waals surface area contributed by atoms with Crippen molar-refractivity contribution < 1.29 is 9.90 Å². The lowest BCUT2D eigenvalue weighted by molar-refractivity contribution is -0.116. The smallest absolute Gasteiger partial charge is 0.224 e. The van der Waals surface area contributed by atoms with Gasteiger partial charge in [0.1, 0.15) is 5.75 Å². The highest BCUT2D eigenvalue weighted by molar-refractivity contribution is 5.91. The molecule has 0 atom stereocenters. The van der Waals surface area contributed by atoms with Crippen molar-refractivity contribution in [3.05, 3.63) is 36.2 Å². The molecule has 3 aromatic rings. The molecule has 2 heterocycles. The van der Waals surface area contributed by atoms with Crippen molar-refractivity contribution in [3.63, 3.8) is 0 Å². The molecule has 0 saturated heterocycles. The van der Waals surface area contributed by atoms with Crippen LogP contribution in [-0.2, 0) is 11.3 Å². The maximum Gasteiger partial charge on any atom is 0.224 e. The van der Waals surface area contributed by atoms with E-state index >= 15 is 0 Å². The van der Waals surface area contributed by atoms with E-state index in [0.717, 1.165) is 0 Å². The van der Waals surface area contributed by atoms with E-state index in [4.69, 9.17) is 11.5 Å². The summed E-state index contributed by atoms with van der Waals surface area (Å²) < 4.78 is 0. The Morgan fingerprint density at radius 3 is 2.54 bits per heavy atom. The van der Waals surface area contributed by atoms with Gasteiger partial charge in [-0.1, -0.05) is 0 Å². The van der Waals surface area contributed by atoms with Crippen LogP contribution in [0.25, 0.3) is 11.2 Å². The average molecular weight is 325 g/mol. The lowest BCUT2D eigenvalue weighted by Gasteiger charge is -2.20. The number of carbonyl (C=O) groups is 1. The number of nitrogen functional groups attached to an aromatic ring is 2. The Balaban J connectivity index is 1.97. The van der Waals surface area contributed by atoms with Crippen LogP contribution >= 0.6 is 0 Å². The van der Waals surface area contributed by atoms with Crippen LogP contribution in [-0.4, -0.2) is 30.9 Å². The SMILES string of the molecule is CC(=O)N(Cc1cnc2nc(N)nc(N)c2n1)c1ccc(O)cc1. The molecule has 24 heavy (non-hydrogen) atoms. The van der Waals surface area contributed by atoms with Gasteiger partial charge in [0, 0.05) is 12.6 Å². The second kappa shape index (κ2) is 5.95. The van der Waals surface area contributed by atoms with Gasteiger partial charge in [-0.3, -0.25) is 4.79 Å². The van der Waals surface area contributed by atoms with Gasteiger partial charge in [0.25, 0.3) is 0 Å². The first kappa shape index (κ1) is 15.4. The number of phenolic OH excluding ortho intramolecular Hbond substituents is 1. The summed E-state index contributed by atoms with van der Waals surface area (Å²) in [5.41, 5.74) is 13.1. The number of phenols is 1. The molecule has 0 aliphatic rings. The van der Waals surface area contributed by atoms with Gasteiger partial charge >= 0.3 is 0 Å². The van der Waals surface area contributed by atoms with Gasteiger partial charge < -0.3 is 21.5 Å². The highest BCUT2D eigenvalue weighted by Gasteiger charge is 2.15. The standard InChI is InChI=1S/C15H15N7O2/c1-8(23)22(10-2-4-11(24)5-3-10)7-9-6-18-14-12(19-9)13(16)20-15(17)21-14/h2-6,24H,7H2,1H3,(H4,16,17,18,20,21). The molecule has 122 valence electrons. The predicted molar refractivity (Wildman–Crippen MR) is 88.9 cm³/mol. The highest BCUT2D eigenvalue weighted by Crippen LogP contribution is 2.21. The molecule has 0 saturated carbocycles. The first-order valence-corrected chi connectivity index (χ1v) is 7.06. The van der Waals surface area contributed by atoms with Crippen LogP contribution in [0, 0.1) is 0 Å². The van der Waals surface area contributed by atoms with E-state index in [2.05, 4.69) is 19.9 Å². The van der Waals surface area contributed by atoms with Gasteiger partial charge in [-0.05, 0) is 24.3 Å². The largest absolute Gasteiger partial charge is 0.508 e. The third-order valence-corrected chi connectivity index (χ3v) is 3.36. The molecule has 0 fully saturated rings. The maximum absolute atomic E-state index is 12.0. The number of carbonyl (C=O) groups excluding carboxylic acids is 1. The number of aromatic hydroxyl groups is 1. The quantitative estimate of drug-likeness (QED) is 0.642. The molecular formula is C15H15N7O2. The Morgan fingerprint density at radius 2 is 1.88 bits per heavy atom. The van der Waals surface area contributed by atoms with E-state index in [1.807, 2.05) is 0 Å². The number of aromatic nitrogens is 4. The number of nitrogens with two attached hydrogens (primary N) is 2. The van der Waals surface area contributed by atoms with Crippen LogP contribution < -0.4 is 16.4 Å². The third-order valence-electron chi connectivity index (χ3n) is 3.36. The Bertz CT molecular complexity index is 912. The minimum absolute atomic E-state index is 0.0245. The number of anilines is 3. The summed E-state index contributed by atoms with van der Waals surface area (Å²) in [4.78, 5) is 29.8. The van der Waals surface area contributed by atoms with Crippen LogP contribution in [0.5, 0.6) is 5.75 Å². The Labute approximate surface area is 137 Å². The van der Waals surface area contributed by atoms with Gasteiger partial charge in [0.2, 0.25) is 11.9 Å². The lowest BCUT2D eigenvalue weighted by Crippen LogP contribution is -2.28. The topological polar surface area (TPSA) is 144 Å². The minimum Gasteiger partial charge on any atom is -0.508 e. The van der Waals surface area contributed by atoms with E-state index in [1.165, 1.54) is 30.2 Å². The summed E-state index contributed by atoms with van der Waals surface area (Å²) in [6.45, 7) is 1.63. The van der Waals surface area contributed by atoms with E-state index in [0.29, 0.717) is 22.5 Å². The first-order valence-electron chi connectivity index (χ1n) is 7.06. The molecule has 1 aromatic carbocycles. The van der Waals surface area contributed by atoms with Crippen molar-refractivity contribution in [2.24, 2.45) is 0 Å². The molecule has 0 aliphatic carbocycles. The summed E-state index contributed by atoms with van der Waals surface area (Å²) in [5.74, 6) is 0.0988. The van der Waals surface area contributed by atoms with Gasteiger partial charge in [0.05, 0.1) is 18.4 Å². The number of rotatable bonds is 3. The molecule has 0 radical (unpaired) electrons. The van der Waals surface area contributed by atoms with E-state index in [9.17, 15) is 9.90 Å². The fourth-order valence-corrected chi connectivity index (χ4v) is 2.24. The monoisotopic (exact) mass is 325 g/mol. The van der Waals surface area contributed by atoms with Crippen LogP contribution in [0.2, 0.25) is 0 Å². The number of nitrogens with zero attached hydrogens (tertiary/aromatic N) is 5. The van der Waals surface area contributed by atoms with Gasteiger partial charge in [-0.2, -0.15) is 9.97 Å². The Hall–Kier alpha value is -3.49. The predicted octanol–water partition coefficient (Wildman–Crippen LogP) is 0.843. The molecule has 5 N–H and O–H groups in total. The van der Waals surface area contributed by atoms with E-state index in [1.54, 1.807) is 12.1 Å². The Kier molecular flexibility index (Phi) is 3.82. The first-order chi connectivity index (χ1) is 11.4. The number of fused-ring (bicyclic) bond motifs is 1. The fourth-order valence-electron chi connectivity index (χ4n) is 2.24. The van der Waals surface area contributed by atoms with E-state index in [-0.39, 0.29) is 30.0 Å². The van der Waals surface area contributed by atoms with Crippen LogP contribution in [0.1, 0.15) is 12.6 Å². The summed E-state index contributed by atoms with van der Waals surface area (Å²) in [6.07, 6.45) is 1.50. The number of benzene rings is 1. The maximum atomic E-state index is 12.0. The summed E-state index contributed by atoms with van der Waals surface area (Å²) in [7, 11) is 0. The number of hydrogen-bond acceptors (Lipinski definition) is 8. The second-order valence-electron chi connectivity index (χ2n) is 5.12. The fraction of sp³-hybridized carbons (Fsp3) is 0.133.